The maximum absolute atomic E-state index is 12.3. The number of carbonyl (C=O) groups is 1. The van der Waals surface area contributed by atoms with E-state index < -0.39 is 0 Å². The van der Waals surface area contributed by atoms with Gasteiger partial charge in [-0.1, -0.05) is 19.3 Å². The van der Waals surface area contributed by atoms with Crippen molar-refractivity contribution in [2.45, 2.75) is 57.9 Å². The predicted octanol–water partition coefficient (Wildman–Crippen LogP) is 3.36. The largest absolute Gasteiger partial charge is 0.469 e. The molecule has 1 amide bonds. The molecule has 4 heteroatoms. The van der Waals surface area contributed by atoms with Crippen molar-refractivity contribution in [3.8, 4) is 0 Å². The van der Waals surface area contributed by atoms with Crippen LogP contribution >= 0.6 is 0 Å². The summed E-state index contributed by atoms with van der Waals surface area (Å²) < 4.78 is 5.23. The van der Waals surface area contributed by atoms with Gasteiger partial charge in [0.25, 0.3) is 5.91 Å². The van der Waals surface area contributed by atoms with Gasteiger partial charge in [-0.2, -0.15) is 0 Å². The first kappa shape index (κ1) is 15.6. The number of hydrogen-bond donors (Lipinski definition) is 1. The highest BCUT2D eigenvalue weighted by atomic mass is 16.3. The summed E-state index contributed by atoms with van der Waals surface area (Å²) in [4.78, 5) is 14.9. The quantitative estimate of drug-likeness (QED) is 0.927. The van der Waals surface area contributed by atoms with E-state index in [9.17, 15) is 4.79 Å². The number of amides is 1. The SMILES string of the molecule is Cc1occc1C(=O)N[C@@H]1CCCN(CC2CCCCC2)C1. The number of carbonyl (C=O) groups excluding carboxylic acids is 1. The molecule has 0 spiro atoms. The number of piperidine rings is 1. The predicted molar refractivity (Wildman–Crippen MR) is 86.9 cm³/mol. The van der Waals surface area contributed by atoms with Crippen molar-refractivity contribution < 1.29 is 9.21 Å². The van der Waals surface area contributed by atoms with Crippen LogP contribution in [0.3, 0.4) is 0 Å². The second-order valence-corrected chi connectivity index (χ2v) is 6.97. The summed E-state index contributed by atoms with van der Waals surface area (Å²) in [5.74, 6) is 1.59. The average Bonchev–Trinajstić information content (AvgIpc) is 2.95. The van der Waals surface area contributed by atoms with Crippen LogP contribution in [0.4, 0.5) is 0 Å². The first-order valence-electron chi connectivity index (χ1n) is 8.79. The van der Waals surface area contributed by atoms with E-state index >= 15 is 0 Å². The van der Waals surface area contributed by atoms with Crippen LogP contribution in [0, 0.1) is 12.8 Å². The van der Waals surface area contributed by atoms with Crippen LogP contribution in [0.2, 0.25) is 0 Å². The number of nitrogens with one attached hydrogen (secondary N) is 1. The van der Waals surface area contributed by atoms with Crippen molar-refractivity contribution in [1.82, 2.24) is 10.2 Å². The van der Waals surface area contributed by atoms with Crippen molar-refractivity contribution in [2.24, 2.45) is 5.92 Å². The lowest BCUT2D eigenvalue weighted by Gasteiger charge is -2.36. The fraction of sp³-hybridized carbons (Fsp3) is 0.722. The third kappa shape index (κ3) is 3.92. The van der Waals surface area contributed by atoms with E-state index in [-0.39, 0.29) is 11.9 Å². The van der Waals surface area contributed by atoms with Crippen LogP contribution < -0.4 is 5.32 Å². The van der Waals surface area contributed by atoms with E-state index in [0.29, 0.717) is 11.3 Å². The number of likely N-dealkylation sites (tertiary alicyclic amines) is 1. The van der Waals surface area contributed by atoms with E-state index in [1.165, 1.54) is 51.6 Å². The molecule has 1 saturated carbocycles. The summed E-state index contributed by atoms with van der Waals surface area (Å²) in [6.45, 7) is 5.25. The minimum Gasteiger partial charge on any atom is -0.469 e. The Kier molecular flexibility index (Phi) is 5.19. The number of rotatable bonds is 4. The summed E-state index contributed by atoms with van der Waals surface area (Å²) in [6.07, 6.45) is 10.9. The Balaban J connectivity index is 1.50. The van der Waals surface area contributed by atoms with Crippen molar-refractivity contribution in [3.63, 3.8) is 0 Å². The monoisotopic (exact) mass is 304 g/mol. The number of nitrogens with zero attached hydrogens (tertiary/aromatic N) is 1. The van der Waals surface area contributed by atoms with Crippen LogP contribution in [0.5, 0.6) is 0 Å². The standard InChI is InChI=1S/C18H28N2O2/c1-14-17(9-11-22-14)18(21)19-16-8-5-10-20(13-16)12-15-6-3-2-4-7-15/h9,11,15-16H,2-8,10,12-13H2,1H3,(H,19,21)/t16-/m1/s1. The Labute approximate surface area is 133 Å². The molecule has 1 aromatic rings. The molecule has 2 heterocycles. The van der Waals surface area contributed by atoms with Crippen molar-refractivity contribution in [3.05, 3.63) is 23.7 Å². The topological polar surface area (TPSA) is 45.5 Å². The molecule has 1 atom stereocenters. The molecule has 0 bridgehead atoms. The molecular formula is C18H28N2O2. The molecule has 1 N–H and O–H groups in total. The lowest BCUT2D eigenvalue weighted by Crippen LogP contribution is -2.49. The molecule has 22 heavy (non-hydrogen) atoms. The zero-order valence-electron chi connectivity index (χ0n) is 13.6. The highest BCUT2D eigenvalue weighted by molar-refractivity contribution is 5.95. The number of hydrogen-bond acceptors (Lipinski definition) is 3. The van der Waals surface area contributed by atoms with Crippen LogP contribution in [0.1, 0.15) is 61.1 Å². The molecule has 122 valence electrons. The van der Waals surface area contributed by atoms with Gasteiger partial charge < -0.3 is 14.6 Å². The van der Waals surface area contributed by atoms with Crippen LogP contribution in [0.15, 0.2) is 16.7 Å². The molecule has 4 nitrogen and oxygen atoms in total. The molecule has 0 unspecified atom stereocenters. The van der Waals surface area contributed by atoms with Gasteiger partial charge in [0.15, 0.2) is 0 Å². The molecule has 0 radical (unpaired) electrons. The lowest BCUT2D eigenvalue weighted by molar-refractivity contribution is 0.0888. The Hall–Kier alpha value is -1.29. The van der Waals surface area contributed by atoms with Crippen LogP contribution in [-0.4, -0.2) is 36.5 Å². The zero-order valence-corrected chi connectivity index (χ0v) is 13.6. The van der Waals surface area contributed by atoms with Gasteiger partial charge in [-0.3, -0.25) is 4.79 Å². The summed E-state index contributed by atoms with van der Waals surface area (Å²) in [7, 11) is 0. The normalized spacial score (nSPS) is 24.3. The Morgan fingerprint density at radius 2 is 2.09 bits per heavy atom. The van der Waals surface area contributed by atoms with E-state index in [0.717, 1.165) is 18.9 Å². The maximum Gasteiger partial charge on any atom is 0.255 e. The molecule has 1 aliphatic carbocycles. The van der Waals surface area contributed by atoms with Gasteiger partial charge in [0.2, 0.25) is 0 Å². The van der Waals surface area contributed by atoms with Crippen molar-refractivity contribution in [1.29, 1.82) is 0 Å². The van der Waals surface area contributed by atoms with Gasteiger partial charge in [-0.25, -0.2) is 0 Å². The van der Waals surface area contributed by atoms with Crippen molar-refractivity contribution >= 4 is 5.91 Å². The van der Waals surface area contributed by atoms with Gasteiger partial charge in [0, 0.05) is 19.1 Å². The van der Waals surface area contributed by atoms with Gasteiger partial charge in [0.1, 0.15) is 5.76 Å². The highest BCUT2D eigenvalue weighted by Crippen LogP contribution is 2.25. The third-order valence-electron chi connectivity index (χ3n) is 5.19. The van der Waals surface area contributed by atoms with E-state index in [1.54, 1.807) is 12.3 Å². The van der Waals surface area contributed by atoms with Crippen molar-refractivity contribution in [2.75, 3.05) is 19.6 Å². The minimum absolute atomic E-state index is 0.00997. The lowest BCUT2D eigenvalue weighted by atomic mass is 9.88. The fourth-order valence-corrected chi connectivity index (χ4v) is 3.96. The fourth-order valence-electron chi connectivity index (χ4n) is 3.96. The smallest absolute Gasteiger partial charge is 0.255 e. The Morgan fingerprint density at radius 3 is 2.82 bits per heavy atom. The summed E-state index contributed by atoms with van der Waals surface area (Å²) in [5, 5.41) is 3.19. The molecule has 2 fully saturated rings. The molecule has 0 aromatic carbocycles. The third-order valence-corrected chi connectivity index (χ3v) is 5.19. The number of furan rings is 1. The first-order chi connectivity index (χ1) is 10.7. The summed E-state index contributed by atoms with van der Waals surface area (Å²) >= 11 is 0. The highest BCUT2D eigenvalue weighted by Gasteiger charge is 2.25. The summed E-state index contributed by atoms with van der Waals surface area (Å²) in [5.41, 5.74) is 0.671. The Morgan fingerprint density at radius 1 is 1.27 bits per heavy atom. The van der Waals surface area contributed by atoms with E-state index in [2.05, 4.69) is 10.2 Å². The molecule has 2 aliphatic rings. The van der Waals surface area contributed by atoms with Gasteiger partial charge >= 0.3 is 0 Å². The number of aryl methyl sites for hydroxylation is 1. The van der Waals surface area contributed by atoms with Gasteiger partial charge in [-0.05, 0) is 51.1 Å². The average molecular weight is 304 g/mol. The second kappa shape index (κ2) is 7.32. The van der Waals surface area contributed by atoms with E-state index in [4.69, 9.17) is 4.42 Å². The van der Waals surface area contributed by atoms with Gasteiger partial charge in [-0.15, -0.1) is 0 Å². The Bertz CT molecular complexity index is 491. The molecular weight excluding hydrogens is 276 g/mol. The first-order valence-corrected chi connectivity index (χ1v) is 8.79. The van der Waals surface area contributed by atoms with Crippen LogP contribution in [-0.2, 0) is 0 Å². The maximum atomic E-state index is 12.3. The molecule has 3 rings (SSSR count). The van der Waals surface area contributed by atoms with E-state index in [1.807, 2.05) is 6.92 Å². The molecule has 1 saturated heterocycles. The summed E-state index contributed by atoms with van der Waals surface area (Å²) in [6, 6.07) is 2.03. The minimum atomic E-state index is 0.00997. The molecule has 1 aliphatic heterocycles. The van der Waals surface area contributed by atoms with Gasteiger partial charge in [0.05, 0.1) is 11.8 Å². The van der Waals surface area contributed by atoms with Crippen LogP contribution in [0.25, 0.3) is 0 Å². The molecule has 1 aromatic heterocycles. The zero-order chi connectivity index (χ0) is 15.4. The second-order valence-electron chi connectivity index (χ2n) is 6.97.